The summed E-state index contributed by atoms with van der Waals surface area (Å²) in [5.74, 6) is 1.24. The van der Waals surface area contributed by atoms with Crippen LogP contribution in [0.15, 0.2) is 48.5 Å². The molecule has 0 bridgehead atoms. The van der Waals surface area contributed by atoms with E-state index >= 15 is 0 Å². The van der Waals surface area contributed by atoms with Gasteiger partial charge in [-0.25, -0.2) is 4.79 Å². The Hall–Kier alpha value is -3.92. The quantitative estimate of drug-likeness (QED) is 0.325. The fourth-order valence-corrected chi connectivity index (χ4v) is 3.35. The molecule has 198 valence electrons. The normalized spacial score (nSPS) is 11.7. The summed E-state index contributed by atoms with van der Waals surface area (Å²) in [6, 6.07) is 15.3. The third-order valence-corrected chi connectivity index (χ3v) is 5.28. The lowest BCUT2D eigenvalue weighted by atomic mass is 10.1. The highest BCUT2D eigenvalue weighted by molar-refractivity contribution is 5.72. The molecule has 2 N–H and O–H groups in total. The molecule has 1 heterocycles. The number of benzene rings is 2. The molecule has 1 atom stereocenters. The van der Waals surface area contributed by atoms with Crippen LogP contribution in [-0.4, -0.2) is 65.0 Å². The average molecular weight is 510 g/mol. The fourth-order valence-electron chi connectivity index (χ4n) is 3.35. The Bertz CT molecular complexity index is 1140. The van der Waals surface area contributed by atoms with Gasteiger partial charge in [-0.3, -0.25) is 0 Å². The fraction of sp³-hybridized carbons (Fsp3) is 0.407. The predicted molar refractivity (Wildman–Crippen MR) is 142 cm³/mol. The first kappa shape index (κ1) is 27.7. The van der Waals surface area contributed by atoms with Crippen molar-refractivity contribution in [2.24, 2.45) is 0 Å². The maximum atomic E-state index is 11.3. The van der Waals surface area contributed by atoms with Gasteiger partial charge in [0.2, 0.25) is 11.9 Å². The molecule has 0 saturated carbocycles. The van der Waals surface area contributed by atoms with Crippen molar-refractivity contribution in [3.05, 3.63) is 59.7 Å². The van der Waals surface area contributed by atoms with Crippen molar-refractivity contribution in [2.45, 2.75) is 46.3 Å². The number of aromatic nitrogens is 3. The van der Waals surface area contributed by atoms with Gasteiger partial charge in [-0.1, -0.05) is 29.8 Å². The molecule has 0 aliphatic rings. The monoisotopic (exact) mass is 509 g/mol. The summed E-state index contributed by atoms with van der Waals surface area (Å²) >= 11 is 0. The van der Waals surface area contributed by atoms with Crippen LogP contribution >= 0.6 is 0 Å². The minimum absolute atomic E-state index is 0.137. The molecule has 10 heteroatoms. The summed E-state index contributed by atoms with van der Waals surface area (Å²) in [6.07, 6.45) is -0.563. The van der Waals surface area contributed by atoms with E-state index in [0.29, 0.717) is 49.6 Å². The van der Waals surface area contributed by atoms with Gasteiger partial charge in [-0.05, 0) is 57.5 Å². The Labute approximate surface area is 217 Å². The standard InChI is InChI=1S/C27H35N5O5/c1-6-35-23(24(33)34)17-20-9-13-21(14-10-20)36-16-15-32(5)26-29-25(28-18(2)3)30-27(31-26)37-22-11-7-19(4)8-12-22/h7-14,18,23H,6,15-17H2,1-5H3,(H,33,34)(H,28,29,30,31). The average Bonchev–Trinajstić information content (AvgIpc) is 2.85. The first-order valence-electron chi connectivity index (χ1n) is 12.3. The van der Waals surface area contributed by atoms with E-state index in [-0.39, 0.29) is 12.1 Å². The lowest BCUT2D eigenvalue weighted by Crippen LogP contribution is -2.27. The van der Waals surface area contributed by atoms with Crippen LogP contribution in [0, 0.1) is 6.92 Å². The van der Waals surface area contributed by atoms with Gasteiger partial charge >= 0.3 is 12.0 Å². The van der Waals surface area contributed by atoms with E-state index in [1.54, 1.807) is 6.92 Å². The Balaban J connectivity index is 1.61. The van der Waals surface area contributed by atoms with Gasteiger partial charge in [0.1, 0.15) is 18.1 Å². The van der Waals surface area contributed by atoms with E-state index in [0.717, 1.165) is 11.1 Å². The number of nitrogens with zero attached hydrogens (tertiary/aromatic N) is 4. The van der Waals surface area contributed by atoms with Crippen molar-refractivity contribution in [3.8, 4) is 17.5 Å². The van der Waals surface area contributed by atoms with Gasteiger partial charge in [0, 0.05) is 26.1 Å². The lowest BCUT2D eigenvalue weighted by Gasteiger charge is -2.19. The zero-order chi connectivity index (χ0) is 26.8. The molecule has 1 aromatic heterocycles. The third kappa shape index (κ3) is 8.91. The number of anilines is 2. The molecule has 3 aromatic rings. The van der Waals surface area contributed by atoms with Gasteiger partial charge in [-0.2, -0.15) is 15.0 Å². The number of ether oxygens (including phenoxy) is 3. The minimum atomic E-state index is -0.970. The molecule has 37 heavy (non-hydrogen) atoms. The van der Waals surface area contributed by atoms with Gasteiger partial charge in [0.25, 0.3) is 0 Å². The Morgan fingerprint density at radius 3 is 2.32 bits per heavy atom. The molecule has 0 amide bonds. The summed E-state index contributed by atoms with van der Waals surface area (Å²) in [6.45, 7) is 9.05. The molecular weight excluding hydrogens is 474 g/mol. The number of nitrogens with one attached hydrogen (secondary N) is 1. The second-order valence-corrected chi connectivity index (χ2v) is 8.86. The Morgan fingerprint density at radius 1 is 1.03 bits per heavy atom. The van der Waals surface area contributed by atoms with Crippen LogP contribution in [0.3, 0.4) is 0 Å². The summed E-state index contributed by atoms with van der Waals surface area (Å²) in [4.78, 5) is 26.6. The van der Waals surface area contributed by atoms with Crippen molar-refractivity contribution in [2.75, 3.05) is 37.0 Å². The number of likely N-dealkylation sites (N-methyl/N-ethyl adjacent to an activating group) is 1. The third-order valence-electron chi connectivity index (χ3n) is 5.28. The van der Waals surface area contributed by atoms with Gasteiger partial charge in [-0.15, -0.1) is 0 Å². The number of carboxylic acid groups (broad SMARTS) is 1. The molecule has 0 aliphatic heterocycles. The SMILES string of the molecule is CCOC(Cc1ccc(OCCN(C)c2nc(NC(C)C)nc(Oc3ccc(C)cc3)n2)cc1)C(=O)O. The number of carbonyl (C=O) groups is 1. The van der Waals surface area contributed by atoms with Crippen molar-refractivity contribution in [3.63, 3.8) is 0 Å². The lowest BCUT2D eigenvalue weighted by molar-refractivity contribution is -0.149. The van der Waals surface area contributed by atoms with Crippen LogP contribution in [0.4, 0.5) is 11.9 Å². The summed E-state index contributed by atoms with van der Waals surface area (Å²) < 4.78 is 17.0. The van der Waals surface area contributed by atoms with E-state index in [4.69, 9.17) is 14.2 Å². The van der Waals surface area contributed by atoms with Gasteiger partial charge in [0.15, 0.2) is 6.10 Å². The number of carboxylic acids is 1. The summed E-state index contributed by atoms with van der Waals surface area (Å²) in [5.41, 5.74) is 2.00. The van der Waals surface area contributed by atoms with Crippen LogP contribution in [0.1, 0.15) is 31.9 Å². The molecule has 2 aromatic carbocycles. The molecule has 0 radical (unpaired) electrons. The van der Waals surface area contributed by atoms with Crippen molar-refractivity contribution in [1.82, 2.24) is 15.0 Å². The highest BCUT2D eigenvalue weighted by atomic mass is 16.5. The Morgan fingerprint density at radius 2 is 1.70 bits per heavy atom. The van der Waals surface area contributed by atoms with E-state index in [9.17, 15) is 9.90 Å². The van der Waals surface area contributed by atoms with Gasteiger partial charge in [0.05, 0.1) is 6.54 Å². The molecule has 3 rings (SSSR count). The predicted octanol–water partition coefficient (Wildman–Crippen LogP) is 4.34. The van der Waals surface area contributed by atoms with Crippen molar-refractivity contribution in [1.29, 1.82) is 0 Å². The second-order valence-electron chi connectivity index (χ2n) is 8.86. The van der Waals surface area contributed by atoms with Crippen LogP contribution in [0.25, 0.3) is 0 Å². The molecule has 0 fully saturated rings. The topological polar surface area (TPSA) is 119 Å². The highest BCUT2D eigenvalue weighted by Crippen LogP contribution is 2.22. The molecule has 0 spiro atoms. The van der Waals surface area contributed by atoms with Gasteiger partial charge < -0.3 is 29.5 Å². The summed E-state index contributed by atoms with van der Waals surface area (Å²) in [7, 11) is 1.87. The first-order chi connectivity index (χ1) is 17.7. The summed E-state index contributed by atoms with van der Waals surface area (Å²) in [5, 5.41) is 12.5. The maximum Gasteiger partial charge on any atom is 0.333 e. The molecule has 10 nitrogen and oxygen atoms in total. The first-order valence-corrected chi connectivity index (χ1v) is 12.3. The van der Waals surface area contributed by atoms with E-state index in [1.165, 1.54) is 0 Å². The molecule has 0 aliphatic carbocycles. The molecule has 1 unspecified atom stereocenters. The number of hydrogen-bond acceptors (Lipinski definition) is 9. The number of rotatable bonds is 14. The van der Waals surface area contributed by atoms with E-state index in [1.807, 2.05) is 81.2 Å². The zero-order valence-corrected chi connectivity index (χ0v) is 22.0. The zero-order valence-electron chi connectivity index (χ0n) is 22.0. The van der Waals surface area contributed by atoms with E-state index < -0.39 is 12.1 Å². The van der Waals surface area contributed by atoms with Crippen molar-refractivity contribution < 1.29 is 24.1 Å². The van der Waals surface area contributed by atoms with Crippen LogP contribution in [0.2, 0.25) is 0 Å². The minimum Gasteiger partial charge on any atom is -0.492 e. The number of aliphatic carboxylic acids is 1. The van der Waals surface area contributed by atoms with Crippen LogP contribution in [0.5, 0.6) is 17.5 Å². The highest BCUT2D eigenvalue weighted by Gasteiger charge is 2.18. The smallest absolute Gasteiger partial charge is 0.333 e. The molecule has 0 saturated heterocycles. The largest absolute Gasteiger partial charge is 0.492 e. The Kier molecular flexibility index (Phi) is 10.0. The second kappa shape index (κ2) is 13.4. The van der Waals surface area contributed by atoms with E-state index in [2.05, 4.69) is 20.3 Å². The number of aryl methyl sites for hydroxylation is 1. The number of hydrogen-bond donors (Lipinski definition) is 2. The van der Waals surface area contributed by atoms with Crippen LogP contribution < -0.4 is 19.7 Å². The van der Waals surface area contributed by atoms with Crippen molar-refractivity contribution >= 4 is 17.9 Å². The maximum absolute atomic E-state index is 11.3. The molecular formula is C27H35N5O5. The van der Waals surface area contributed by atoms with Crippen LogP contribution in [-0.2, 0) is 16.0 Å².